The van der Waals surface area contributed by atoms with Crippen LogP contribution in [0.1, 0.15) is 30.3 Å². The number of aromatic nitrogens is 1. The minimum Gasteiger partial charge on any atom is -0.357 e. The van der Waals surface area contributed by atoms with Crippen LogP contribution < -0.4 is 10.6 Å². The molecule has 3 N–H and O–H groups in total. The van der Waals surface area contributed by atoms with Crippen molar-refractivity contribution < 1.29 is 4.79 Å². The first kappa shape index (κ1) is 14.1. The van der Waals surface area contributed by atoms with Gasteiger partial charge >= 0.3 is 0 Å². The second-order valence-electron chi connectivity index (χ2n) is 4.45. The maximum absolute atomic E-state index is 11.8. The molecule has 2 unspecified atom stereocenters. The third-order valence-electron chi connectivity index (χ3n) is 3.24. The number of hydrogen-bond donors (Lipinski definition) is 3. The van der Waals surface area contributed by atoms with Gasteiger partial charge < -0.3 is 15.6 Å². The Morgan fingerprint density at radius 1 is 1.59 bits per heavy atom. The largest absolute Gasteiger partial charge is 0.357 e. The van der Waals surface area contributed by atoms with Crippen LogP contribution >= 0.6 is 12.4 Å². The van der Waals surface area contributed by atoms with Crippen LogP contribution in [0.4, 0.5) is 0 Å². The SMILES string of the molecule is CC(NC(=O)c1ccc[nH]1)C1CCCNC1.Cl. The van der Waals surface area contributed by atoms with Gasteiger partial charge in [0, 0.05) is 12.2 Å². The zero-order valence-corrected chi connectivity index (χ0v) is 10.8. The van der Waals surface area contributed by atoms with Gasteiger partial charge in [-0.2, -0.15) is 0 Å². The number of carbonyl (C=O) groups excluding carboxylic acids is 1. The van der Waals surface area contributed by atoms with Crippen molar-refractivity contribution in [3.05, 3.63) is 24.0 Å². The van der Waals surface area contributed by atoms with Crippen LogP contribution in [0.15, 0.2) is 18.3 Å². The highest BCUT2D eigenvalue weighted by Crippen LogP contribution is 2.14. The first-order chi connectivity index (χ1) is 7.77. The van der Waals surface area contributed by atoms with Crippen LogP contribution in [0.2, 0.25) is 0 Å². The number of halogens is 1. The van der Waals surface area contributed by atoms with E-state index in [2.05, 4.69) is 22.5 Å². The molecule has 17 heavy (non-hydrogen) atoms. The molecule has 1 aromatic heterocycles. The van der Waals surface area contributed by atoms with Gasteiger partial charge in [-0.3, -0.25) is 4.79 Å². The maximum Gasteiger partial charge on any atom is 0.267 e. The Labute approximate surface area is 108 Å². The summed E-state index contributed by atoms with van der Waals surface area (Å²) in [5.41, 5.74) is 0.635. The van der Waals surface area contributed by atoms with E-state index < -0.39 is 0 Å². The Kier molecular flexibility index (Phi) is 5.51. The number of hydrogen-bond acceptors (Lipinski definition) is 2. The summed E-state index contributed by atoms with van der Waals surface area (Å²) < 4.78 is 0. The van der Waals surface area contributed by atoms with Crippen LogP contribution in [-0.4, -0.2) is 30.0 Å². The third kappa shape index (κ3) is 3.75. The molecule has 2 heterocycles. The lowest BCUT2D eigenvalue weighted by molar-refractivity contribution is 0.0917. The van der Waals surface area contributed by atoms with E-state index in [1.165, 1.54) is 12.8 Å². The van der Waals surface area contributed by atoms with Crippen molar-refractivity contribution in [2.24, 2.45) is 5.92 Å². The van der Waals surface area contributed by atoms with Crippen molar-refractivity contribution in [2.75, 3.05) is 13.1 Å². The zero-order valence-electron chi connectivity index (χ0n) is 10.0. The Hall–Kier alpha value is -1.00. The van der Waals surface area contributed by atoms with E-state index >= 15 is 0 Å². The molecule has 1 aliphatic rings. The lowest BCUT2D eigenvalue weighted by atomic mass is 9.93. The predicted octanol–water partition coefficient (Wildman–Crippen LogP) is 1.55. The van der Waals surface area contributed by atoms with Crippen LogP contribution in [0.5, 0.6) is 0 Å². The second-order valence-corrected chi connectivity index (χ2v) is 4.45. The van der Waals surface area contributed by atoms with E-state index in [4.69, 9.17) is 0 Å². The van der Waals surface area contributed by atoms with Crippen molar-refractivity contribution in [3.63, 3.8) is 0 Å². The molecule has 0 aliphatic carbocycles. The van der Waals surface area contributed by atoms with Gasteiger partial charge in [-0.25, -0.2) is 0 Å². The summed E-state index contributed by atoms with van der Waals surface area (Å²) in [6, 6.07) is 3.85. The number of piperidine rings is 1. The monoisotopic (exact) mass is 257 g/mol. The lowest BCUT2D eigenvalue weighted by Crippen LogP contribution is -2.44. The van der Waals surface area contributed by atoms with Gasteiger partial charge in [0.2, 0.25) is 0 Å². The molecule has 0 radical (unpaired) electrons. The molecule has 0 aromatic carbocycles. The minimum atomic E-state index is -0.0110. The lowest BCUT2D eigenvalue weighted by Gasteiger charge is -2.28. The van der Waals surface area contributed by atoms with Gasteiger partial charge in [0.15, 0.2) is 0 Å². The number of H-pyrrole nitrogens is 1. The first-order valence-corrected chi connectivity index (χ1v) is 5.92. The second kappa shape index (κ2) is 6.67. The van der Waals surface area contributed by atoms with Crippen LogP contribution in [-0.2, 0) is 0 Å². The third-order valence-corrected chi connectivity index (χ3v) is 3.24. The summed E-state index contributed by atoms with van der Waals surface area (Å²) in [5.74, 6) is 0.538. The number of carbonyl (C=O) groups is 1. The smallest absolute Gasteiger partial charge is 0.267 e. The fourth-order valence-corrected chi connectivity index (χ4v) is 2.18. The van der Waals surface area contributed by atoms with Crippen LogP contribution in [0, 0.1) is 5.92 Å². The molecule has 1 fully saturated rings. The quantitative estimate of drug-likeness (QED) is 0.770. The number of aromatic amines is 1. The Balaban J connectivity index is 0.00000144. The minimum absolute atomic E-state index is 0. The molecule has 1 aromatic rings. The van der Waals surface area contributed by atoms with E-state index in [0.29, 0.717) is 11.6 Å². The fourth-order valence-electron chi connectivity index (χ4n) is 2.18. The van der Waals surface area contributed by atoms with E-state index in [1.54, 1.807) is 12.3 Å². The zero-order chi connectivity index (χ0) is 11.4. The van der Waals surface area contributed by atoms with Crippen molar-refractivity contribution in [1.82, 2.24) is 15.6 Å². The Morgan fingerprint density at radius 3 is 3.00 bits per heavy atom. The van der Waals surface area contributed by atoms with Gasteiger partial charge in [0.05, 0.1) is 0 Å². The van der Waals surface area contributed by atoms with Crippen LogP contribution in [0.25, 0.3) is 0 Å². The highest BCUT2D eigenvalue weighted by molar-refractivity contribution is 5.92. The summed E-state index contributed by atoms with van der Waals surface area (Å²) in [6.45, 7) is 4.19. The van der Waals surface area contributed by atoms with E-state index in [0.717, 1.165) is 13.1 Å². The standard InChI is InChI=1S/C12H19N3O.ClH/c1-9(10-4-2-6-13-8-10)15-12(16)11-5-3-7-14-11;/h3,5,7,9-10,13-14H,2,4,6,8H2,1H3,(H,15,16);1H. The molecule has 4 nitrogen and oxygen atoms in total. The Morgan fingerprint density at radius 2 is 2.41 bits per heavy atom. The molecule has 0 bridgehead atoms. The highest BCUT2D eigenvalue weighted by Gasteiger charge is 2.21. The summed E-state index contributed by atoms with van der Waals surface area (Å²) in [6.07, 6.45) is 4.16. The van der Waals surface area contributed by atoms with Crippen molar-refractivity contribution in [1.29, 1.82) is 0 Å². The van der Waals surface area contributed by atoms with Crippen LogP contribution in [0.3, 0.4) is 0 Å². The molecule has 1 aliphatic heterocycles. The number of nitrogens with one attached hydrogen (secondary N) is 3. The van der Waals surface area contributed by atoms with Crippen molar-refractivity contribution in [2.45, 2.75) is 25.8 Å². The molecule has 2 rings (SSSR count). The van der Waals surface area contributed by atoms with Gasteiger partial charge in [-0.15, -0.1) is 12.4 Å². The van der Waals surface area contributed by atoms with E-state index in [1.807, 2.05) is 6.07 Å². The molecule has 0 spiro atoms. The number of rotatable bonds is 3. The average molecular weight is 258 g/mol. The first-order valence-electron chi connectivity index (χ1n) is 5.92. The molecule has 96 valence electrons. The summed E-state index contributed by atoms with van der Waals surface area (Å²) in [4.78, 5) is 14.7. The Bertz CT molecular complexity index is 334. The van der Waals surface area contributed by atoms with Gasteiger partial charge in [-0.05, 0) is 50.9 Å². The topological polar surface area (TPSA) is 56.9 Å². The molecular weight excluding hydrogens is 238 g/mol. The molecular formula is C12H20ClN3O. The number of amides is 1. The predicted molar refractivity (Wildman–Crippen MR) is 70.6 cm³/mol. The highest BCUT2D eigenvalue weighted by atomic mass is 35.5. The van der Waals surface area contributed by atoms with Gasteiger partial charge in [0.25, 0.3) is 5.91 Å². The summed E-state index contributed by atoms with van der Waals surface area (Å²) in [5, 5.41) is 6.41. The molecule has 1 amide bonds. The van der Waals surface area contributed by atoms with Crippen molar-refractivity contribution >= 4 is 18.3 Å². The normalized spacial score (nSPS) is 21.4. The van der Waals surface area contributed by atoms with Crippen molar-refractivity contribution in [3.8, 4) is 0 Å². The van der Waals surface area contributed by atoms with Gasteiger partial charge in [-0.1, -0.05) is 0 Å². The van der Waals surface area contributed by atoms with Gasteiger partial charge in [0.1, 0.15) is 5.69 Å². The average Bonchev–Trinajstić information content (AvgIpc) is 2.83. The molecule has 2 atom stereocenters. The maximum atomic E-state index is 11.8. The molecule has 0 saturated carbocycles. The summed E-state index contributed by atoms with van der Waals surface area (Å²) >= 11 is 0. The molecule has 5 heteroatoms. The van der Waals surface area contributed by atoms with E-state index in [-0.39, 0.29) is 24.4 Å². The fraction of sp³-hybridized carbons (Fsp3) is 0.583. The van der Waals surface area contributed by atoms with E-state index in [9.17, 15) is 4.79 Å². The molecule has 1 saturated heterocycles. The summed E-state index contributed by atoms with van der Waals surface area (Å²) in [7, 11) is 0.